The van der Waals surface area contributed by atoms with Crippen molar-refractivity contribution in [2.24, 2.45) is 0 Å². The lowest BCUT2D eigenvalue weighted by molar-refractivity contribution is -0.131. The maximum Gasteiger partial charge on any atom is 0.308 e. The van der Waals surface area contributed by atoms with E-state index in [9.17, 15) is 9.59 Å². The van der Waals surface area contributed by atoms with Crippen LogP contribution in [0.25, 0.3) is 10.9 Å². The molecule has 3 heterocycles. The van der Waals surface area contributed by atoms with Gasteiger partial charge in [-0.15, -0.1) is 0 Å². The van der Waals surface area contributed by atoms with Crippen molar-refractivity contribution in [3.8, 4) is 5.75 Å². The zero-order valence-corrected chi connectivity index (χ0v) is 14.2. The first-order chi connectivity index (χ1) is 12.6. The molecule has 1 aliphatic rings. The van der Waals surface area contributed by atoms with Gasteiger partial charge in [-0.3, -0.25) is 14.6 Å². The van der Waals surface area contributed by atoms with Crippen LogP contribution in [-0.2, 0) is 11.2 Å². The maximum absolute atomic E-state index is 13.0. The number of carbonyl (C=O) groups is 2. The molecule has 0 amide bonds. The molecular formula is C20H17N3O3. The fraction of sp³-hybridized carbons (Fsp3) is 0.200. The SMILES string of the molecule is CC(=O)Oc1ccccc1C(=O)C1CCc2cc3cnccc3nc2N1. The average molecular weight is 347 g/mol. The van der Waals surface area contributed by atoms with Crippen LogP contribution >= 0.6 is 0 Å². The van der Waals surface area contributed by atoms with Crippen LogP contribution in [0.15, 0.2) is 48.8 Å². The average Bonchev–Trinajstić information content (AvgIpc) is 2.65. The summed E-state index contributed by atoms with van der Waals surface area (Å²) in [4.78, 5) is 33.0. The number of ketones is 1. The van der Waals surface area contributed by atoms with Gasteiger partial charge in [-0.05, 0) is 42.7 Å². The van der Waals surface area contributed by atoms with E-state index in [0.29, 0.717) is 12.0 Å². The van der Waals surface area contributed by atoms with Crippen molar-refractivity contribution >= 4 is 28.5 Å². The first kappa shape index (κ1) is 16.2. The summed E-state index contributed by atoms with van der Waals surface area (Å²) >= 11 is 0. The number of fused-ring (bicyclic) bond motifs is 2. The summed E-state index contributed by atoms with van der Waals surface area (Å²) in [6.45, 7) is 1.32. The van der Waals surface area contributed by atoms with Gasteiger partial charge in [0.25, 0.3) is 0 Å². The van der Waals surface area contributed by atoms with Crippen LogP contribution in [0.4, 0.5) is 5.82 Å². The van der Waals surface area contributed by atoms with Crippen molar-refractivity contribution in [2.45, 2.75) is 25.8 Å². The van der Waals surface area contributed by atoms with Gasteiger partial charge in [0, 0.05) is 24.7 Å². The normalized spacial score (nSPS) is 15.8. The van der Waals surface area contributed by atoms with Gasteiger partial charge in [0.05, 0.1) is 17.1 Å². The maximum atomic E-state index is 13.0. The lowest BCUT2D eigenvalue weighted by Gasteiger charge is -2.26. The van der Waals surface area contributed by atoms with E-state index in [-0.39, 0.29) is 11.5 Å². The van der Waals surface area contributed by atoms with Crippen molar-refractivity contribution < 1.29 is 14.3 Å². The Labute approximate surface area is 150 Å². The molecule has 0 radical (unpaired) electrons. The van der Waals surface area contributed by atoms with Crippen LogP contribution in [-0.4, -0.2) is 27.8 Å². The number of Topliss-reactive ketones (excluding diaryl/α,β-unsaturated/α-hetero) is 1. The molecule has 0 bridgehead atoms. The highest BCUT2D eigenvalue weighted by molar-refractivity contribution is 6.04. The summed E-state index contributed by atoms with van der Waals surface area (Å²) < 4.78 is 5.17. The molecule has 1 atom stereocenters. The molecule has 1 aromatic carbocycles. The number of benzene rings is 1. The smallest absolute Gasteiger partial charge is 0.308 e. The van der Waals surface area contributed by atoms with Crippen LogP contribution in [0, 0.1) is 0 Å². The first-order valence-corrected chi connectivity index (χ1v) is 8.43. The van der Waals surface area contributed by atoms with Gasteiger partial charge >= 0.3 is 5.97 Å². The predicted octanol–water partition coefficient (Wildman–Crippen LogP) is 3.16. The highest BCUT2D eigenvalue weighted by Gasteiger charge is 2.28. The number of para-hydroxylation sites is 1. The monoisotopic (exact) mass is 347 g/mol. The van der Waals surface area contributed by atoms with Crippen LogP contribution < -0.4 is 10.1 Å². The van der Waals surface area contributed by atoms with Crippen molar-refractivity contribution in [1.82, 2.24) is 9.97 Å². The molecule has 4 rings (SSSR count). The van der Waals surface area contributed by atoms with Crippen molar-refractivity contribution in [3.63, 3.8) is 0 Å². The van der Waals surface area contributed by atoms with Crippen molar-refractivity contribution in [1.29, 1.82) is 0 Å². The molecule has 1 unspecified atom stereocenters. The van der Waals surface area contributed by atoms with Gasteiger partial charge < -0.3 is 10.1 Å². The van der Waals surface area contributed by atoms with Gasteiger partial charge in [-0.2, -0.15) is 0 Å². The third-order valence-electron chi connectivity index (χ3n) is 4.43. The Kier molecular flexibility index (Phi) is 4.08. The van der Waals surface area contributed by atoms with Crippen molar-refractivity contribution in [3.05, 3.63) is 59.9 Å². The molecule has 0 saturated carbocycles. The number of aryl methyl sites for hydroxylation is 1. The molecule has 1 aliphatic heterocycles. The van der Waals surface area contributed by atoms with Gasteiger partial charge in [-0.25, -0.2) is 4.98 Å². The number of rotatable bonds is 3. The summed E-state index contributed by atoms with van der Waals surface area (Å²) in [5.74, 6) is 0.450. The fourth-order valence-electron chi connectivity index (χ4n) is 3.21. The summed E-state index contributed by atoms with van der Waals surface area (Å²) in [5.41, 5.74) is 2.30. The molecule has 130 valence electrons. The standard InChI is InChI=1S/C20H17N3O3/c1-12(24)26-18-5-3-2-4-15(18)19(25)17-7-6-13-10-14-11-21-9-8-16(14)22-20(13)23-17/h2-5,8-11,17H,6-7H2,1H3,(H,22,23). The zero-order valence-electron chi connectivity index (χ0n) is 14.2. The number of ether oxygens (including phenoxy) is 1. The largest absolute Gasteiger partial charge is 0.426 e. The minimum Gasteiger partial charge on any atom is -0.426 e. The van der Waals surface area contributed by atoms with E-state index in [2.05, 4.69) is 21.4 Å². The number of pyridine rings is 2. The Morgan fingerprint density at radius 3 is 2.92 bits per heavy atom. The van der Waals surface area contributed by atoms with E-state index in [1.165, 1.54) is 6.92 Å². The quantitative estimate of drug-likeness (QED) is 0.445. The number of esters is 1. The van der Waals surface area contributed by atoms with Crippen LogP contribution in [0.5, 0.6) is 5.75 Å². The molecule has 0 spiro atoms. The molecule has 6 nitrogen and oxygen atoms in total. The molecule has 6 heteroatoms. The summed E-state index contributed by atoms with van der Waals surface area (Å²) in [7, 11) is 0. The van der Waals surface area contributed by atoms with E-state index in [1.807, 2.05) is 6.07 Å². The number of hydrogen-bond acceptors (Lipinski definition) is 6. The van der Waals surface area contributed by atoms with Gasteiger partial charge in [-0.1, -0.05) is 12.1 Å². The van der Waals surface area contributed by atoms with E-state index in [0.717, 1.165) is 28.7 Å². The summed E-state index contributed by atoms with van der Waals surface area (Å²) in [6, 6.07) is 10.3. The van der Waals surface area contributed by atoms with Gasteiger partial charge in [0.1, 0.15) is 11.6 Å². The van der Waals surface area contributed by atoms with Crippen LogP contribution in [0.1, 0.15) is 29.3 Å². The topological polar surface area (TPSA) is 81.2 Å². The second-order valence-electron chi connectivity index (χ2n) is 6.25. The lowest BCUT2D eigenvalue weighted by Crippen LogP contribution is -2.34. The molecule has 0 saturated heterocycles. The van der Waals surface area contributed by atoms with E-state index >= 15 is 0 Å². The predicted molar refractivity (Wildman–Crippen MR) is 97.4 cm³/mol. The zero-order chi connectivity index (χ0) is 18.1. The minimum atomic E-state index is -0.450. The number of hydrogen-bond donors (Lipinski definition) is 1. The van der Waals surface area contributed by atoms with E-state index < -0.39 is 12.0 Å². The molecule has 2 aromatic heterocycles. The number of nitrogens with zero attached hydrogens (tertiary/aromatic N) is 2. The van der Waals surface area contributed by atoms with Gasteiger partial charge in [0.2, 0.25) is 0 Å². The van der Waals surface area contributed by atoms with E-state index in [1.54, 1.807) is 36.7 Å². The number of anilines is 1. The summed E-state index contributed by atoms with van der Waals surface area (Å²) in [6.07, 6.45) is 4.87. The van der Waals surface area contributed by atoms with Crippen LogP contribution in [0.2, 0.25) is 0 Å². The number of carbonyl (C=O) groups excluding carboxylic acids is 2. The molecule has 0 fully saturated rings. The second-order valence-corrected chi connectivity index (χ2v) is 6.25. The van der Waals surface area contributed by atoms with Crippen molar-refractivity contribution in [2.75, 3.05) is 5.32 Å². The Bertz CT molecular complexity index is 1020. The van der Waals surface area contributed by atoms with Crippen LogP contribution in [0.3, 0.4) is 0 Å². The second kappa shape index (κ2) is 6.55. The number of aromatic nitrogens is 2. The third-order valence-corrected chi connectivity index (χ3v) is 4.43. The number of nitrogens with one attached hydrogen (secondary N) is 1. The highest BCUT2D eigenvalue weighted by Crippen LogP contribution is 2.29. The Balaban J connectivity index is 1.64. The minimum absolute atomic E-state index is 0.107. The Morgan fingerprint density at radius 2 is 2.08 bits per heavy atom. The summed E-state index contributed by atoms with van der Waals surface area (Å²) in [5, 5.41) is 4.23. The van der Waals surface area contributed by atoms with Gasteiger partial charge in [0.15, 0.2) is 5.78 Å². The third kappa shape index (κ3) is 3.01. The fourth-order valence-corrected chi connectivity index (χ4v) is 3.21. The highest BCUT2D eigenvalue weighted by atomic mass is 16.5. The Morgan fingerprint density at radius 1 is 1.23 bits per heavy atom. The molecule has 1 N–H and O–H groups in total. The molecular weight excluding hydrogens is 330 g/mol. The first-order valence-electron chi connectivity index (χ1n) is 8.43. The van der Waals surface area contributed by atoms with E-state index in [4.69, 9.17) is 4.74 Å². The molecule has 3 aromatic rings. The lowest BCUT2D eigenvalue weighted by atomic mass is 9.93. The molecule has 0 aliphatic carbocycles. The molecule has 26 heavy (non-hydrogen) atoms. The Hall–Kier alpha value is -3.28.